The molecule has 0 bridgehead atoms. The molecule has 2 nitrogen and oxygen atoms in total. The van der Waals surface area contributed by atoms with Gasteiger partial charge in [-0.2, -0.15) is 0 Å². The SMILES string of the molecule is C\C=C/C(/C=C\C(=C/C=C/Nc1ccc(C)cc1)C1(c2ccc(Nc3ccc(C)cc3)cc2)CCCCC1)=C\C. The van der Waals surface area contributed by atoms with Crippen LogP contribution in [0.15, 0.2) is 133 Å². The standard InChI is InChI=1S/C38H44N2/c1-5-11-32(6-2)17-18-33(12-10-29-39-35-21-13-30(3)14-22-35)38(27-8-7-9-28-38)34-19-25-37(26-20-34)40-36-23-15-31(4)16-24-36/h5-6,10-26,29,39-40H,7-9,27-28H2,1-4H3/b11-5-,18-17-,29-10+,32-6+,33-12+. The van der Waals surface area contributed by atoms with E-state index in [9.17, 15) is 0 Å². The summed E-state index contributed by atoms with van der Waals surface area (Å²) in [5.41, 5.74) is 9.82. The summed E-state index contributed by atoms with van der Waals surface area (Å²) < 4.78 is 0. The third kappa shape index (κ3) is 7.76. The molecule has 2 heteroatoms. The Labute approximate surface area is 241 Å². The molecule has 1 aliphatic rings. The van der Waals surface area contributed by atoms with Crippen molar-refractivity contribution >= 4 is 17.1 Å². The Balaban J connectivity index is 1.66. The van der Waals surface area contributed by atoms with Gasteiger partial charge in [0.1, 0.15) is 0 Å². The summed E-state index contributed by atoms with van der Waals surface area (Å²) in [6.07, 6.45) is 23.7. The zero-order valence-electron chi connectivity index (χ0n) is 24.6. The van der Waals surface area contributed by atoms with E-state index >= 15 is 0 Å². The molecule has 0 saturated heterocycles. The van der Waals surface area contributed by atoms with E-state index < -0.39 is 0 Å². The van der Waals surface area contributed by atoms with Crippen LogP contribution in [0, 0.1) is 13.8 Å². The molecule has 0 unspecified atom stereocenters. The average molecular weight is 529 g/mol. The maximum absolute atomic E-state index is 3.56. The average Bonchev–Trinajstić information content (AvgIpc) is 2.99. The number of allylic oxidation sites excluding steroid dienone is 9. The van der Waals surface area contributed by atoms with Crippen molar-refractivity contribution in [1.29, 1.82) is 0 Å². The normalized spacial score (nSPS) is 16.2. The first kappa shape index (κ1) is 29.0. The molecule has 1 saturated carbocycles. The van der Waals surface area contributed by atoms with E-state index in [0.717, 1.165) is 29.9 Å². The van der Waals surface area contributed by atoms with Crippen LogP contribution in [-0.2, 0) is 5.41 Å². The van der Waals surface area contributed by atoms with Gasteiger partial charge in [0.25, 0.3) is 0 Å². The Morgan fingerprint density at radius 2 is 1.25 bits per heavy atom. The number of rotatable bonds is 10. The zero-order chi connectivity index (χ0) is 28.2. The molecule has 3 aromatic carbocycles. The molecule has 0 aliphatic heterocycles. The minimum absolute atomic E-state index is 0.0138. The smallest absolute Gasteiger partial charge is 0.0384 e. The Morgan fingerprint density at radius 1 is 0.675 bits per heavy atom. The number of benzene rings is 3. The van der Waals surface area contributed by atoms with Crippen molar-refractivity contribution in [1.82, 2.24) is 0 Å². The van der Waals surface area contributed by atoms with E-state index in [4.69, 9.17) is 0 Å². The van der Waals surface area contributed by atoms with E-state index in [1.54, 1.807) is 0 Å². The second-order valence-electron chi connectivity index (χ2n) is 10.8. The molecular weight excluding hydrogens is 484 g/mol. The third-order valence-corrected chi connectivity index (χ3v) is 7.86. The van der Waals surface area contributed by atoms with Gasteiger partial charge >= 0.3 is 0 Å². The fourth-order valence-electron chi connectivity index (χ4n) is 5.52. The van der Waals surface area contributed by atoms with Crippen LogP contribution in [-0.4, -0.2) is 0 Å². The third-order valence-electron chi connectivity index (χ3n) is 7.86. The number of hydrogen-bond acceptors (Lipinski definition) is 2. The highest BCUT2D eigenvalue weighted by molar-refractivity contribution is 5.61. The topological polar surface area (TPSA) is 24.1 Å². The first-order valence-corrected chi connectivity index (χ1v) is 14.6. The van der Waals surface area contributed by atoms with Crippen molar-refractivity contribution in [2.75, 3.05) is 10.6 Å². The highest BCUT2D eigenvalue weighted by Gasteiger charge is 2.36. The van der Waals surface area contributed by atoms with Gasteiger partial charge in [-0.05, 0) is 99.7 Å². The lowest BCUT2D eigenvalue weighted by Gasteiger charge is -2.39. The second-order valence-corrected chi connectivity index (χ2v) is 10.8. The molecule has 3 aromatic rings. The predicted octanol–water partition coefficient (Wildman–Crippen LogP) is 10.9. The second kappa shape index (κ2) is 14.4. The van der Waals surface area contributed by atoms with Gasteiger partial charge in [-0.3, -0.25) is 0 Å². The quantitative estimate of drug-likeness (QED) is 0.256. The summed E-state index contributed by atoms with van der Waals surface area (Å²) in [5.74, 6) is 0. The van der Waals surface area contributed by atoms with Gasteiger partial charge in [0.2, 0.25) is 0 Å². The fourth-order valence-corrected chi connectivity index (χ4v) is 5.52. The van der Waals surface area contributed by atoms with Gasteiger partial charge in [-0.25, -0.2) is 0 Å². The summed E-state index contributed by atoms with van der Waals surface area (Å²) >= 11 is 0. The highest BCUT2D eigenvalue weighted by atomic mass is 14.9. The van der Waals surface area contributed by atoms with E-state index in [1.807, 2.05) is 6.20 Å². The Morgan fingerprint density at radius 3 is 1.82 bits per heavy atom. The van der Waals surface area contributed by atoms with Crippen molar-refractivity contribution in [3.05, 3.63) is 149 Å². The largest absolute Gasteiger partial charge is 0.362 e. The first-order valence-electron chi connectivity index (χ1n) is 14.6. The Kier molecular flexibility index (Phi) is 10.4. The molecule has 0 atom stereocenters. The molecule has 4 rings (SSSR count). The molecule has 0 heterocycles. The van der Waals surface area contributed by atoms with Crippen molar-refractivity contribution in [3.8, 4) is 0 Å². The maximum atomic E-state index is 3.56. The lowest BCUT2D eigenvalue weighted by atomic mass is 9.64. The van der Waals surface area contributed by atoms with E-state index in [0.29, 0.717) is 0 Å². The predicted molar refractivity (Wildman–Crippen MR) is 175 cm³/mol. The van der Waals surface area contributed by atoms with Gasteiger partial charge in [0, 0.05) is 28.7 Å². The molecule has 2 N–H and O–H groups in total. The Bertz CT molecular complexity index is 1360. The monoisotopic (exact) mass is 528 g/mol. The minimum atomic E-state index is -0.0138. The first-order chi connectivity index (χ1) is 19.5. The Hall–Kier alpha value is -4.04. The van der Waals surface area contributed by atoms with Crippen molar-refractivity contribution in [3.63, 3.8) is 0 Å². The number of nitrogens with one attached hydrogen (secondary N) is 2. The summed E-state index contributed by atoms with van der Waals surface area (Å²) in [4.78, 5) is 0. The fraction of sp³-hybridized carbons (Fsp3) is 0.263. The molecular formula is C38H44N2. The maximum Gasteiger partial charge on any atom is 0.0384 e. The summed E-state index contributed by atoms with van der Waals surface area (Å²) in [6, 6.07) is 26.2. The summed E-state index contributed by atoms with van der Waals surface area (Å²) in [7, 11) is 0. The molecule has 0 radical (unpaired) electrons. The number of hydrogen-bond donors (Lipinski definition) is 2. The van der Waals surface area contributed by atoms with Crippen molar-refractivity contribution < 1.29 is 0 Å². The van der Waals surface area contributed by atoms with E-state index in [1.165, 1.54) is 47.1 Å². The van der Waals surface area contributed by atoms with Crippen LogP contribution in [0.4, 0.5) is 17.1 Å². The summed E-state index contributed by atoms with van der Waals surface area (Å²) in [6.45, 7) is 8.41. The number of anilines is 3. The van der Waals surface area contributed by atoms with Crippen LogP contribution < -0.4 is 10.6 Å². The molecule has 206 valence electrons. The van der Waals surface area contributed by atoms with Gasteiger partial charge < -0.3 is 10.6 Å². The summed E-state index contributed by atoms with van der Waals surface area (Å²) in [5, 5.41) is 7.00. The molecule has 1 fully saturated rings. The highest BCUT2D eigenvalue weighted by Crippen LogP contribution is 2.46. The van der Waals surface area contributed by atoms with Gasteiger partial charge in [0.05, 0.1) is 0 Å². The van der Waals surface area contributed by atoms with Gasteiger partial charge in [0.15, 0.2) is 0 Å². The van der Waals surface area contributed by atoms with Crippen LogP contribution >= 0.6 is 0 Å². The van der Waals surface area contributed by atoms with Crippen LogP contribution in [0.25, 0.3) is 0 Å². The van der Waals surface area contributed by atoms with Gasteiger partial charge in [-0.15, -0.1) is 0 Å². The minimum Gasteiger partial charge on any atom is -0.362 e. The van der Waals surface area contributed by atoms with Crippen molar-refractivity contribution in [2.45, 2.75) is 65.2 Å². The molecule has 0 spiro atoms. The van der Waals surface area contributed by atoms with Crippen LogP contribution in [0.1, 0.15) is 62.6 Å². The zero-order valence-corrected chi connectivity index (χ0v) is 24.6. The van der Waals surface area contributed by atoms with Crippen LogP contribution in [0.3, 0.4) is 0 Å². The molecule has 0 aromatic heterocycles. The lowest BCUT2D eigenvalue weighted by Crippen LogP contribution is -2.31. The van der Waals surface area contributed by atoms with Crippen LogP contribution in [0.2, 0.25) is 0 Å². The lowest BCUT2D eigenvalue weighted by molar-refractivity contribution is 0.345. The van der Waals surface area contributed by atoms with Gasteiger partial charge in [-0.1, -0.05) is 103 Å². The van der Waals surface area contributed by atoms with Crippen LogP contribution in [0.5, 0.6) is 0 Å². The van der Waals surface area contributed by atoms with E-state index in [2.05, 4.69) is 154 Å². The molecule has 0 amide bonds. The number of aryl methyl sites for hydroxylation is 2. The van der Waals surface area contributed by atoms with Crippen molar-refractivity contribution in [2.24, 2.45) is 0 Å². The molecule has 40 heavy (non-hydrogen) atoms. The molecule has 1 aliphatic carbocycles. The van der Waals surface area contributed by atoms with E-state index in [-0.39, 0.29) is 5.41 Å².